The zero-order valence-corrected chi connectivity index (χ0v) is 10.1. The molecule has 0 spiro atoms. The highest BCUT2D eigenvalue weighted by atomic mass is 16.5. The Balaban J connectivity index is 2.32. The fraction of sp³-hybridized carbons (Fsp3) is 0.0625. The van der Waals surface area contributed by atoms with Gasteiger partial charge in [0.05, 0.1) is 7.11 Å². The van der Waals surface area contributed by atoms with Gasteiger partial charge in [-0.05, 0) is 28.5 Å². The van der Waals surface area contributed by atoms with Crippen molar-refractivity contribution in [3.05, 3.63) is 60.8 Å². The predicted molar refractivity (Wildman–Crippen MR) is 73.7 cm³/mol. The van der Waals surface area contributed by atoms with Crippen LogP contribution in [0, 0.1) is 0 Å². The van der Waals surface area contributed by atoms with E-state index < -0.39 is 0 Å². The van der Waals surface area contributed by atoms with Crippen LogP contribution in [-0.4, -0.2) is 12.1 Å². The maximum absolute atomic E-state index is 5.34. The average molecular weight is 235 g/mol. The largest absolute Gasteiger partial charge is 0.481 e. The van der Waals surface area contributed by atoms with E-state index in [0.717, 1.165) is 11.1 Å². The normalized spacial score (nSPS) is 10.5. The number of hydrogen-bond donors (Lipinski definition) is 0. The number of nitrogens with zero attached hydrogens (tertiary/aromatic N) is 1. The fourth-order valence-corrected chi connectivity index (χ4v) is 2.22. The lowest BCUT2D eigenvalue weighted by Crippen LogP contribution is -1.91. The van der Waals surface area contributed by atoms with Crippen LogP contribution in [-0.2, 0) is 0 Å². The van der Waals surface area contributed by atoms with E-state index in [-0.39, 0.29) is 0 Å². The summed E-state index contributed by atoms with van der Waals surface area (Å²) in [5, 5.41) is 2.44. The third kappa shape index (κ3) is 1.72. The molecular weight excluding hydrogens is 222 g/mol. The lowest BCUT2D eigenvalue weighted by atomic mass is 9.99. The lowest BCUT2D eigenvalue weighted by Gasteiger charge is -2.09. The van der Waals surface area contributed by atoms with Crippen LogP contribution in [0.25, 0.3) is 21.9 Å². The number of rotatable bonds is 2. The molecule has 0 aliphatic rings. The third-order valence-electron chi connectivity index (χ3n) is 3.04. The Kier molecular flexibility index (Phi) is 2.69. The van der Waals surface area contributed by atoms with Crippen LogP contribution in [0.4, 0.5) is 0 Å². The molecule has 0 saturated carbocycles. The molecule has 3 rings (SSSR count). The van der Waals surface area contributed by atoms with Gasteiger partial charge in [0, 0.05) is 11.8 Å². The van der Waals surface area contributed by atoms with E-state index in [0.29, 0.717) is 5.88 Å². The molecule has 0 bridgehead atoms. The first kappa shape index (κ1) is 10.8. The molecule has 88 valence electrons. The first-order chi connectivity index (χ1) is 8.90. The highest BCUT2D eigenvalue weighted by Gasteiger charge is 2.08. The Hall–Kier alpha value is -2.35. The molecule has 0 aliphatic heterocycles. The minimum atomic E-state index is 0.661. The number of fused-ring (bicyclic) bond motifs is 1. The monoisotopic (exact) mass is 235 g/mol. The number of aromatic nitrogens is 1. The summed E-state index contributed by atoms with van der Waals surface area (Å²) < 4.78 is 5.34. The lowest BCUT2D eigenvalue weighted by molar-refractivity contribution is 0.400. The Morgan fingerprint density at radius 2 is 1.61 bits per heavy atom. The van der Waals surface area contributed by atoms with Crippen LogP contribution >= 0.6 is 0 Å². The van der Waals surface area contributed by atoms with E-state index in [1.54, 1.807) is 13.3 Å². The molecule has 2 aromatic carbocycles. The van der Waals surface area contributed by atoms with Crippen molar-refractivity contribution in [1.29, 1.82) is 0 Å². The Morgan fingerprint density at radius 1 is 0.833 bits per heavy atom. The van der Waals surface area contributed by atoms with Crippen molar-refractivity contribution in [2.24, 2.45) is 0 Å². The number of methoxy groups -OCH3 is 1. The predicted octanol–water partition coefficient (Wildman–Crippen LogP) is 3.91. The molecule has 0 saturated heterocycles. The van der Waals surface area contributed by atoms with Crippen LogP contribution in [0.2, 0.25) is 0 Å². The molecule has 0 fully saturated rings. The Morgan fingerprint density at radius 3 is 2.50 bits per heavy atom. The molecule has 0 aliphatic carbocycles. The molecule has 2 heteroatoms. The van der Waals surface area contributed by atoms with Gasteiger partial charge in [-0.15, -0.1) is 0 Å². The van der Waals surface area contributed by atoms with Gasteiger partial charge in [-0.1, -0.05) is 42.5 Å². The zero-order chi connectivity index (χ0) is 12.4. The summed E-state index contributed by atoms with van der Waals surface area (Å²) >= 11 is 0. The van der Waals surface area contributed by atoms with Crippen molar-refractivity contribution in [3.63, 3.8) is 0 Å². The smallest absolute Gasteiger partial charge is 0.221 e. The first-order valence-electron chi connectivity index (χ1n) is 5.87. The van der Waals surface area contributed by atoms with Gasteiger partial charge in [0.25, 0.3) is 0 Å². The van der Waals surface area contributed by atoms with Crippen molar-refractivity contribution in [2.75, 3.05) is 7.11 Å². The van der Waals surface area contributed by atoms with Crippen LogP contribution in [0.5, 0.6) is 5.88 Å². The molecule has 0 amide bonds. The van der Waals surface area contributed by atoms with Crippen LogP contribution in [0.15, 0.2) is 60.8 Å². The highest BCUT2D eigenvalue weighted by molar-refractivity contribution is 5.97. The number of benzene rings is 2. The highest BCUT2D eigenvalue weighted by Crippen LogP contribution is 2.33. The van der Waals surface area contributed by atoms with Gasteiger partial charge in [-0.2, -0.15) is 0 Å². The van der Waals surface area contributed by atoms with E-state index in [9.17, 15) is 0 Å². The molecule has 0 atom stereocenters. The molecular formula is C16H13NO. The van der Waals surface area contributed by atoms with E-state index in [1.807, 2.05) is 18.2 Å². The van der Waals surface area contributed by atoms with Gasteiger partial charge in [-0.25, -0.2) is 4.98 Å². The second-order valence-electron chi connectivity index (χ2n) is 4.09. The molecule has 18 heavy (non-hydrogen) atoms. The standard InChI is InChI=1S/C16H13NO/c1-18-16-15(10-5-11-17-16)14-9-4-7-12-6-2-3-8-13(12)14/h2-11H,1H3. The van der Waals surface area contributed by atoms with Gasteiger partial charge in [0.2, 0.25) is 5.88 Å². The molecule has 0 radical (unpaired) electrons. The number of pyridine rings is 1. The van der Waals surface area contributed by atoms with Crippen molar-refractivity contribution >= 4 is 10.8 Å². The average Bonchev–Trinajstić information content (AvgIpc) is 2.46. The summed E-state index contributed by atoms with van der Waals surface area (Å²) in [7, 11) is 1.65. The fourth-order valence-electron chi connectivity index (χ4n) is 2.22. The summed E-state index contributed by atoms with van der Waals surface area (Å²) in [6, 6.07) is 18.6. The molecule has 1 heterocycles. The SMILES string of the molecule is COc1ncccc1-c1cccc2ccccc12. The van der Waals surface area contributed by atoms with Gasteiger partial charge in [0.1, 0.15) is 0 Å². The van der Waals surface area contributed by atoms with Crippen LogP contribution in [0.1, 0.15) is 0 Å². The van der Waals surface area contributed by atoms with Crippen molar-refractivity contribution < 1.29 is 4.74 Å². The molecule has 3 aromatic rings. The first-order valence-corrected chi connectivity index (χ1v) is 5.87. The summed E-state index contributed by atoms with van der Waals surface area (Å²) in [5.41, 5.74) is 2.18. The maximum atomic E-state index is 5.34. The Bertz CT molecular complexity index is 686. The zero-order valence-electron chi connectivity index (χ0n) is 10.1. The Labute approximate surface area is 106 Å². The van der Waals surface area contributed by atoms with E-state index in [1.165, 1.54) is 10.8 Å². The molecule has 2 nitrogen and oxygen atoms in total. The van der Waals surface area contributed by atoms with Crippen molar-refractivity contribution in [3.8, 4) is 17.0 Å². The topological polar surface area (TPSA) is 22.1 Å². The molecule has 0 N–H and O–H groups in total. The van der Waals surface area contributed by atoms with Crippen LogP contribution in [0.3, 0.4) is 0 Å². The maximum Gasteiger partial charge on any atom is 0.221 e. The second-order valence-corrected chi connectivity index (χ2v) is 4.09. The molecule has 0 unspecified atom stereocenters. The van der Waals surface area contributed by atoms with Gasteiger partial charge >= 0.3 is 0 Å². The quantitative estimate of drug-likeness (QED) is 0.671. The number of hydrogen-bond acceptors (Lipinski definition) is 2. The minimum Gasteiger partial charge on any atom is -0.481 e. The van der Waals surface area contributed by atoms with Crippen LogP contribution < -0.4 is 4.74 Å². The van der Waals surface area contributed by atoms with E-state index in [2.05, 4.69) is 41.4 Å². The van der Waals surface area contributed by atoms with Gasteiger partial charge in [0.15, 0.2) is 0 Å². The second kappa shape index (κ2) is 4.49. The molecule has 1 aromatic heterocycles. The third-order valence-corrected chi connectivity index (χ3v) is 3.04. The van der Waals surface area contributed by atoms with E-state index in [4.69, 9.17) is 4.74 Å². The van der Waals surface area contributed by atoms with Gasteiger partial charge < -0.3 is 4.74 Å². The summed E-state index contributed by atoms with van der Waals surface area (Å²) in [4.78, 5) is 4.26. The van der Waals surface area contributed by atoms with Crippen molar-refractivity contribution in [1.82, 2.24) is 4.98 Å². The minimum absolute atomic E-state index is 0.661. The summed E-state index contributed by atoms with van der Waals surface area (Å²) in [6.45, 7) is 0. The summed E-state index contributed by atoms with van der Waals surface area (Å²) in [5.74, 6) is 0.661. The summed E-state index contributed by atoms with van der Waals surface area (Å²) in [6.07, 6.45) is 1.74. The van der Waals surface area contributed by atoms with Gasteiger partial charge in [-0.3, -0.25) is 0 Å². The van der Waals surface area contributed by atoms with E-state index >= 15 is 0 Å². The van der Waals surface area contributed by atoms with Crippen molar-refractivity contribution in [2.45, 2.75) is 0 Å². The number of ether oxygens (including phenoxy) is 1.